The molecule has 0 fully saturated rings. The highest BCUT2D eigenvalue weighted by atomic mass is 79.9. The summed E-state index contributed by atoms with van der Waals surface area (Å²) >= 11 is 3.30. The van der Waals surface area contributed by atoms with E-state index in [9.17, 15) is 9.59 Å². The van der Waals surface area contributed by atoms with Crippen molar-refractivity contribution in [3.63, 3.8) is 0 Å². The van der Waals surface area contributed by atoms with Crippen molar-refractivity contribution in [2.75, 3.05) is 5.32 Å². The quantitative estimate of drug-likeness (QED) is 0.825. The summed E-state index contributed by atoms with van der Waals surface area (Å²) in [4.78, 5) is 23.8. The van der Waals surface area contributed by atoms with E-state index in [0.29, 0.717) is 11.3 Å². The van der Waals surface area contributed by atoms with Gasteiger partial charge < -0.3 is 10.5 Å². The number of hydrogen-bond acceptors (Lipinski definition) is 4. The first-order valence-corrected chi connectivity index (χ1v) is 6.99. The van der Waals surface area contributed by atoms with Crippen molar-refractivity contribution in [1.82, 2.24) is 0 Å². The number of nitrogens with one attached hydrogen (secondary N) is 1. The predicted molar refractivity (Wildman–Crippen MR) is 82.0 cm³/mol. The van der Waals surface area contributed by atoms with Gasteiger partial charge in [0.05, 0.1) is 11.7 Å². The number of halogens is 1. The van der Waals surface area contributed by atoms with Gasteiger partial charge >= 0.3 is 6.09 Å². The van der Waals surface area contributed by atoms with Crippen molar-refractivity contribution in [2.24, 2.45) is 5.73 Å². The number of Topliss-reactive ketones (excluding diaryl/α,β-unsaturated/α-hetero) is 1. The highest BCUT2D eigenvalue weighted by molar-refractivity contribution is 9.10. The van der Waals surface area contributed by atoms with E-state index in [-0.39, 0.29) is 5.78 Å². The summed E-state index contributed by atoms with van der Waals surface area (Å²) in [6, 6.07) is 4.33. The Kier molecular flexibility index (Phi) is 5.30. The molecule has 110 valence electrons. The first kappa shape index (κ1) is 16.7. The van der Waals surface area contributed by atoms with E-state index in [4.69, 9.17) is 10.5 Å². The normalized spacial score (nSPS) is 12.7. The second kappa shape index (κ2) is 6.37. The lowest BCUT2D eigenvalue weighted by molar-refractivity contribution is 0.0636. The first-order valence-electron chi connectivity index (χ1n) is 6.19. The second-order valence-corrected chi connectivity index (χ2v) is 6.39. The smallest absolute Gasteiger partial charge is 0.412 e. The van der Waals surface area contributed by atoms with Gasteiger partial charge in [0, 0.05) is 10.0 Å². The maximum absolute atomic E-state index is 12.0. The van der Waals surface area contributed by atoms with E-state index >= 15 is 0 Å². The van der Waals surface area contributed by atoms with Crippen LogP contribution in [0.25, 0.3) is 0 Å². The van der Waals surface area contributed by atoms with Crippen molar-refractivity contribution in [3.05, 3.63) is 28.2 Å². The molecule has 1 amide bonds. The van der Waals surface area contributed by atoms with Crippen molar-refractivity contribution < 1.29 is 14.3 Å². The van der Waals surface area contributed by atoms with Gasteiger partial charge in [-0.05, 0) is 45.9 Å². The largest absolute Gasteiger partial charge is 0.444 e. The van der Waals surface area contributed by atoms with Crippen LogP contribution in [0.2, 0.25) is 0 Å². The van der Waals surface area contributed by atoms with Gasteiger partial charge in [0.25, 0.3) is 0 Å². The van der Waals surface area contributed by atoms with Gasteiger partial charge in [-0.2, -0.15) is 0 Å². The molecule has 3 N–H and O–H groups in total. The Bertz CT molecular complexity index is 522. The molecular weight excluding hydrogens is 324 g/mol. The lowest BCUT2D eigenvalue weighted by Crippen LogP contribution is -2.30. The Labute approximate surface area is 127 Å². The molecule has 0 radical (unpaired) electrons. The Morgan fingerprint density at radius 3 is 2.45 bits per heavy atom. The topological polar surface area (TPSA) is 81.4 Å². The third-order valence-corrected chi connectivity index (χ3v) is 2.79. The fraction of sp³-hybridized carbons (Fsp3) is 0.429. The third kappa shape index (κ3) is 4.94. The van der Waals surface area contributed by atoms with Gasteiger partial charge in [0.2, 0.25) is 0 Å². The van der Waals surface area contributed by atoms with Gasteiger partial charge in [0.1, 0.15) is 5.60 Å². The number of ether oxygens (including phenoxy) is 1. The van der Waals surface area contributed by atoms with Gasteiger partial charge in [-0.1, -0.05) is 15.9 Å². The van der Waals surface area contributed by atoms with Gasteiger partial charge in [-0.15, -0.1) is 0 Å². The summed E-state index contributed by atoms with van der Waals surface area (Å²) in [5, 5.41) is 2.58. The zero-order valence-corrected chi connectivity index (χ0v) is 13.6. The van der Waals surface area contributed by atoms with Crippen LogP contribution in [-0.2, 0) is 4.74 Å². The molecule has 1 atom stereocenters. The average molecular weight is 343 g/mol. The molecule has 0 aliphatic rings. The Morgan fingerprint density at radius 2 is 1.95 bits per heavy atom. The number of hydrogen-bond donors (Lipinski definition) is 2. The van der Waals surface area contributed by atoms with E-state index in [1.54, 1.807) is 45.9 Å². The minimum Gasteiger partial charge on any atom is -0.444 e. The lowest BCUT2D eigenvalue weighted by atomic mass is 10.0. The molecule has 1 unspecified atom stereocenters. The minimum absolute atomic E-state index is 0.247. The van der Waals surface area contributed by atoms with Crippen LogP contribution in [0.1, 0.15) is 38.1 Å². The van der Waals surface area contributed by atoms with E-state index in [0.717, 1.165) is 4.47 Å². The molecule has 1 rings (SSSR count). The third-order valence-electron chi connectivity index (χ3n) is 2.30. The van der Waals surface area contributed by atoms with E-state index in [1.165, 1.54) is 0 Å². The molecule has 1 aromatic carbocycles. The predicted octanol–water partition coefficient (Wildman–Crippen LogP) is 3.33. The standard InChI is InChI=1S/C14H19BrN2O3/c1-8(16)12(18)10-6-5-9(15)7-11(10)17-13(19)20-14(2,3)4/h5-8H,16H2,1-4H3,(H,17,19). The number of benzene rings is 1. The lowest BCUT2D eigenvalue weighted by Gasteiger charge is -2.20. The Balaban J connectivity index is 3.02. The van der Waals surface area contributed by atoms with Crippen molar-refractivity contribution >= 4 is 33.5 Å². The summed E-state index contributed by atoms with van der Waals surface area (Å²) in [5.74, 6) is -0.247. The first-order chi connectivity index (χ1) is 9.10. The zero-order valence-electron chi connectivity index (χ0n) is 12.0. The molecule has 0 bridgehead atoms. The van der Waals surface area contributed by atoms with Crippen LogP contribution in [0.3, 0.4) is 0 Å². The monoisotopic (exact) mass is 342 g/mol. The molecule has 5 nitrogen and oxygen atoms in total. The molecule has 0 aliphatic carbocycles. The van der Waals surface area contributed by atoms with E-state index < -0.39 is 17.7 Å². The highest BCUT2D eigenvalue weighted by Gasteiger charge is 2.20. The molecule has 20 heavy (non-hydrogen) atoms. The summed E-state index contributed by atoms with van der Waals surface area (Å²) in [5.41, 5.74) is 5.72. The SMILES string of the molecule is CC(N)C(=O)c1ccc(Br)cc1NC(=O)OC(C)(C)C. The maximum atomic E-state index is 12.0. The molecule has 0 spiro atoms. The summed E-state index contributed by atoms with van der Waals surface area (Å²) in [6.45, 7) is 6.90. The van der Waals surface area contributed by atoms with Crippen molar-refractivity contribution in [3.8, 4) is 0 Å². The van der Waals surface area contributed by atoms with Gasteiger partial charge in [0.15, 0.2) is 5.78 Å². The summed E-state index contributed by atoms with van der Waals surface area (Å²) in [7, 11) is 0. The molecule has 1 aromatic rings. The number of rotatable bonds is 3. The molecule has 0 saturated carbocycles. The molecule has 6 heteroatoms. The van der Waals surface area contributed by atoms with Crippen LogP contribution in [0.4, 0.5) is 10.5 Å². The fourth-order valence-corrected chi connectivity index (χ4v) is 1.85. The Morgan fingerprint density at radius 1 is 1.35 bits per heavy atom. The van der Waals surface area contributed by atoms with Crippen LogP contribution >= 0.6 is 15.9 Å². The summed E-state index contributed by atoms with van der Waals surface area (Å²) < 4.78 is 5.91. The fourth-order valence-electron chi connectivity index (χ4n) is 1.49. The van der Waals surface area contributed by atoms with Crippen LogP contribution in [0.15, 0.2) is 22.7 Å². The number of carbonyl (C=O) groups excluding carboxylic acids is 2. The molecular formula is C14H19BrN2O3. The maximum Gasteiger partial charge on any atom is 0.412 e. The number of anilines is 1. The van der Waals surface area contributed by atoms with Crippen LogP contribution in [0, 0.1) is 0 Å². The van der Waals surface area contributed by atoms with E-state index in [1.807, 2.05) is 0 Å². The average Bonchev–Trinajstić information content (AvgIpc) is 2.25. The zero-order chi connectivity index (χ0) is 15.5. The van der Waals surface area contributed by atoms with Gasteiger partial charge in [-0.25, -0.2) is 4.79 Å². The molecule has 0 aromatic heterocycles. The number of ketones is 1. The number of carbonyl (C=O) groups is 2. The second-order valence-electron chi connectivity index (χ2n) is 5.47. The van der Waals surface area contributed by atoms with Crippen molar-refractivity contribution in [1.29, 1.82) is 0 Å². The van der Waals surface area contributed by atoms with Crippen LogP contribution in [0.5, 0.6) is 0 Å². The Hall–Kier alpha value is -1.40. The molecule has 0 heterocycles. The molecule has 0 aliphatic heterocycles. The highest BCUT2D eigenvalue weighted by Crippen LogP contribution is 2.23. The van der Waals surface area contributed by atoms with Crippen LogP contribution < -0.4 is 11.1 Å². The van der Waals surface area contributed by atoms with Gasteiger partial charge in [-0.3, -0.25) is 10.1 Å². The number of amides is 1. The van der Waals surface area contributed by atoms with Crippen LogP contribution in [-0.4, -0.2) is 23.5 Å². The number of nitrogens with two attached hydrogens (primary N) is 1. The minimum atomic E-state index is -0.643. The summed E-state index contributed by atoms with van der Waals surface area (Å²) in [6.07, 6.45) is -0.616. The van der Waals surface area contributed by atoms with Crippen molar-refractivity contribution in [2.45, 2.75) is 39.3 Å². The van der Waals surface area contributed by atoms with E-state index in [2.05, 4.69) is 21.2 Å². The molecule has 0 saturated heterocycles.